The molecule has 0 saturated carbocycles. The maximum atomic E-state index is 13.2. The largest absolute Gasteiger partial charge is 0.477 e. The molecule has 0 N–H and O–H groups in total. The number of hydrogen-bond donors (Lipinski definition) is 0. The van der Waals surface area contributed by atoms with Crippen LogP contribution in [0, 0.1) is 12.7 Å². The van der Waals surface area contributed by atoms with Gasteiger partial charge >= 0.3 is 6.01 Å². The Morgan fingerprint density at radius 1 is 1.00 bits per heavy atom. The van der Waals surface area contributed by atoms with E-state index in [9.17, 15) is 4.39 Å². The summed E-state index contributed by atoms with van der Waals surface area (Å²) in [4.78, 5) is 8.57. The van der Waals surface area contributed by atoms with Crippen molar-refractivity contribution in [2.45, 2.75) is 25.8 Å². The van der Waals surface area contributed by atoms with E-state index in [2.05, 4.69) is 25.4 Å². The molecule has 1 aliphatic heterocycles. The van der Waals surface area contributed by atoms with Gasteiger partial charge in [-0.1, -0.05) is 34.9 Å². The topological polar surface area (TPSA) is 81.3 Å². The molecule has 1 unspecified atom stereocenters. The zero-order valence-corrected chi connectivity index (χ0v) is 16.6. The van der Waals surface area contributed by atoms with E-state index in [4.69, 9.17) is 9.47 Å². The van der Waals surface area contributed by atoms with Crippen LogP contribution >= 0.6 is 0 Å². The molecule has 0 aliphatic carbocycles. The highest BCUT2D eigenvalue weighted by Gasteiger charge is 2.38. The molecule has 1 aromatic heterocycles. The van der Waals surface area contributed by atoms with Gasteiger partial charge in [-0.3, -0.25) is 0 Å². The summed E-state index contributed by atoms with van der Waals surface area (Å²) in [6, 6.07) is 15.8. The molecule has 1 aliphatic rings. The fourth-order valence-corrected chi connectivity index (χ4v) is 2.95. The van der Waals surface area contributed by atoms with E-state index in [1.165, 1.54) is 12.1 Å². The molecule has 2 aromatic carbocycles. The molecule has 4 rings (SSSR count). The minimum Gasteiger partial charge on any atom is -0.477 e. The standard InChI is InChI=1S/C22H20FN5O2/c1-15-3-9-19(10-4-15)30-21-24-13-11-18(25-21)12-14-29-20-22(2,27-28-26-20)16-5-7-17(23)8-6-16/h3-11,13H,12,14H2,1-2H3. The summed E-state index contributed by atoms with van der Waals surface area (Å²) in [6.45, 7) is 4.16. The Hall–Kier alpha value is -3.68. The SMILES string of the molecule is Cc1ccc(Oc2nccc(CCOC3=NN=NC3(C)c3ccc(F)cc3)n2)cc1. The van der Waals surface area contributed by atoms with Crippen LogP contribution in [0.1, 0.15) is 23.7 Å². The summed E-state index contributed by atoms with van der Waals surface area (Å²) in [5.74, 6) is 0.719. The van der Waals surface area contributed by atoms with Gasteiger partial charge in [-0.25, -0.2) is 9.37 Å². The Labute approximate surface area is 173 Å². The van der Waals surface area contributed by atoms with E-state index < -0.39 is 5.54 Å². The summed E-state index contributed by atoms with van der Waals surface area (Å²) in [6.07, 6.45) is 2.16. The zero-order chi connectivity index (χ0) is 21.0. The van der Waals surface area contributed by atoms with Crippen molar-refractivity contribution in [3.8, 4) is 11.8 Å². The van der Waals surface area contributed by atoms with Gasteiger partial charge in [0.15, 0.2) is 5.54 Å². The molecular weight excluding hydrogens is 385 g/mol. The van der Waals surface area contributed by atoms with Gasteiger partial charge in [-0.05, 0) is 55.0 Å². The van der Waals surface area contributed by atoms with Crippen molar-refractivity contribution in [3.63, 3.8) is 0 Å². The minimum absolute atomic E-state index is 0.274. The number of benzene rings is 2. The van der Waals surface area contributed by atoms with Crippen LogP contribution in [0.4, 0.5) is 4.39 Å². The van der Waals surface area contributed by atoms with Crippen LogP contribution in [0.2, 0.25) is 0 Å². The van der Waals surface area contributed by atoms with Gasteiger partial charge in [0.1, 0.15) is 11.6 Å². The Kier molecular flexibility index (Phi) is 5.47. The number of halogens is 1. The average Bonchev–Trinajstić information content (AvgIpc) is 3.12. The second-order valence-corrected chi connectivity index (χ2v) is 7.02. The van der Waals surface area contributed by atoms with Crippen LogP contribution in [0.15, 0.2) is 76.2 Å². The van der Waals surface area contributed by atoms with Crippen LogP contribution in [0.5, 0.6) is 11.8 Å². The molecular formula is C22H20FN5O2. The summed E-state index contributed by atoms with van der Waals surface area (Å²) < 4.78 is 24.8. The third-order valence-corrected chi connectivity index (χ3v) is 4.72. The lowest BCUT2D eigenvalue weighted by molar-refractivity contribution is 0.280. The van der Waals surface area contributed by atoms with Crippen LogP contribution in [-0.2, 0) is 16.7 Å². The quantitative estimate of drug-likeness (QED) is 0.580. The monoisotopic (exact) mass is 405 g/mol. The highest BCUT2D eigenvalue weighted by atomic mass is 19.1. The lowest BCUT2D eigenvalue weighted by Gasteiger charge is -2.21. The Morgan fingerprint density at radius 2 is 1.77 bits per heavy atom. The predicted octanol–water partition coefficient (Wildman–Crippen LogP) is 4.97. The molecule has 30 heavy (non-hydrogen) atoms. The van der Waals surface area contributed by atoms with Crippen molar-refractivity contribution in [2.24, 2.45) is 15.4 Å². The molecule has 0 amide bonds. The molecule has 3 aromatic rings. The highest BCUT2D eigenvalue weighted by Crippen LogP contribution is 2.32. The van der Waals surface area contributed by atoms with Crippen molar-refractivity contribution < 1.29 is 13.9 Å². The second kappa shape index (κ2) is 8.36. The van der Waals surface area contributed by atoms with Gasteiger partial charge in [-0.2, -0.15) is 4.98 Å². The van der Waals surface area contributed by atoms with Gasteiger partial charge in [0.05, 0.1) is 12.3 Å². The first-order chi connectivity index (χ1) is 14.5. The smallest absolute Gasteiger partial charge is 0.322 e. The molecule has 7 nitrogen and oxygen atoms in total. The van der Waals surface area contributed by atoms with Gasteiger partial charge in [0, 0.05) is 12.6 Å². The van der Waals surface area contributed by atoms with E-state index in [-0.39, 0.29) is 11.8 Å². The number of nitrogens with zero attached hydrogens (tertiary/aromatic N) is 5. The van der Waals surface area contributed by atoms with E-state index >= 15 is 0 Å². The summed E-state index contributed by atoms with van der Waals surface area (Å²) in [5.41, 5.74) is 1.79. The molecule has 0 saturated heterocycles. The predicted molar refractivity (Wildman–Crippen MR) is 109 cm³/mol. The molecule has 2 heterocycles. The van der Waals surface area contributed by atoms with Crippen LogP contribution in [-0.4, -0.2) is 22.5 Å². The van der Waals surface area contributed by atoms with Crippen LogP contribution in [0.3, 0.4) is 0 Å². The van der Waals surface area contributed by atoms with Gasteiger partial charge in [0.2, 0.25) is 5.90 Å². The summed E-state index contributed by atoms with van der Waals surface area (Å²) in [5, 5.41) is 11.9. The maximum absolute atomic E-state index is 13.2. The second-order valence-electron chi connectivity index (χ2n) is 7.02. The first-order valence-electron chi connectivity index (χ1n) is 9.48. The molecule has 0 spiro atoms. The van der Waals surface area contributed by atoms with Crippen molar-refractivity contribution >= 4 is 5.90 Å². The average molecular weight is 405 g/mol. The van der Waals surface area contributed by atoms with Crippen molar-refractivity contribution in [3.05, 3.63) is 83.4 Å². The molecule has 1 atom stereocenters. The summed E-state index contributed by atoms with van der Waals surface area (Å²) >= 11 is 0. The maximum Gasteiger partial charge on any atom is 0.322 e. The lowest BCUT2D eigenvalue weighted by atomic mass is 9.93. The Morgan fingerprint density at radius 3 is 2.53 bits per heavy atom. The Balaban J connectivity index is 1.37. The molecule has 0 bridgehead atoms. The van der Waals surface area contributed by atoms with Gasteiger partial charge in [0.25, 0.3) is 0 Å². The molecule has 8 heteroatoms. The third-order valence-electron chi connectivity index (χ3n) is 4.72. The van der Waals surface area contributed by atoms with E-state index in [0.717, 1.165) is 16.8 Å². The first kappa shape index (κ1) is 19.6. The van der Waals surface area contributed by atoms with Gasteiger partial charge in [-0.15, -0.1) is 5.11 Å². The number of ether oxygens (including phenoxy) is 2. The molecule has 0 radical (unpaired) electrons. The minimum atomic E-state index is -0.876. The number of rotatable bonds is 6. The van der Waals surface area contributed by atoms with Crippen LogP contribution in [0.25, 0.3) is 0 Å². The third kappa shape index (κ3) is 4.32. The van der Waals surface area contributed by atoms with Crippen molar-refractivity contribution in [2.75, 3.05) is 6.61 Å². The van der Waals surface area contributed by atoms with E-state index in [1.807, 2.05) is 38.1 Å². The van der Waals surface area contributed by atoms with Gasteiger partial charge < -0.3 is 9.47 Å². The molecule has 0 fully saturated rings. The van der Waals surface area contributed by atoms with Crippen molar-refractivity contribution in [1.29, 1.82) is 0 Å². The zero-order valence-electron chi connectivity index (χ0n) is 16.6. The fourth-order valence-electron chi connectivity index (χ4n) is 2.95. The number of aryl methyl sites for hydroxylation is 1. The summed E-state index contributed by atoms with van der Waals surface area (Å²) in [7, 11) is 0. The normalized spacial score (nSPS) is 17.6. The first-order valence-corrected chi connectivity index (χ1v) is 9.48. The van der Waals surface area contributed by atoms with Crippen LogP contribution < -0.4 is 4.74 Å². The lowest BCUT2D eigenvalue weighted by Crippen LogP contribution is -2.30. The Bertz CT molecular complexity index is 1080. The highest BCUT2D eigenvalue weighted by molar-refractivity contribution is 5.88. The molecule has 152 valence electrons. The van der Waals surface area contributed by atoms with E-state index in [0.29, 0.717) is 24.7 Å². The van der Waals surface area contributed by atoms with Crippen molar-refractivity contribution in [1.82, 2.24) is 9.97 Å². The van der Waals surface area contributed by atoms with E-state index in [1.54, 1.807) is 24.4 Å². The number of hydrogen-bond acceptors (Lipinski definition) is 7. The number of aromatic nitrogens is 2. The fraction of sp³-hybridized carbons (Fsp3) is 0.227.